The summed E-state index contributed by atoms with van der Waals surface area (Å²) in [6, 6.07) is 0. The minimum Gasteiger partial charge on any atom is -0.469 e. The first-order chi connectivity index (χ1) is 10.1. The Balaban J connectivity index is 1.87. The van der Waals surface area contributed by atoms with Crippen LogP contribution in [0.2, 0.25) is 0 Å². The summed E-state index contributed by atoms with van der Waals surface area (Å²) >= 11 is 1.71. The first-order valence-electron chi connectivity index (χ1n) is 7.15. The topological polar surface area (TPSA) is 55.3 Å². The quantitative estimate of drug-likeness (QED) is 0.799. The van der Waals surface area contributed by atoms with Crippen LogP contribution in [-0.4, -0.2) is 36.1 Å². The van der Waals surface area contributed by atoms with Crippen LogP contribution in [0.3, 0.4) is 0 Å². The lowest BCUT2D eigenvalue weighted by atomic mass is 9.97. The molecule has 6 heteroatoms. The summed E-state index contributed by atoms with van der Waals surface area (Å²) in [6.45, 7) is 5.91. The van der Waals surface area contributed by atoms with Gasteiger partial charge in [-0.3, -0.25) is 4.79 Å². The Bertz CT molecular complexity index is 675. The average molecular weight is 305 g/mol. The van der Waals surface area contributed by atoms with Crippen LogP contribution in [-0.2, 0) is 9.53 Å². The van der Waals surface area contributed by atoms with Gasteiger partial charge in [-0.15, -0.1) is 11.3 Å². The van der Waals surface area contributed by atoms with Gasteiger partial charge in [0.15, 0.2) is 0 Å². The number of thiophene rings is 1. The van der Waals surface area contributed by atoms with Crippen molar-refractivity contribution in [2.45, 2.75) is 26.7 Å². The Kier molecular flexibility index (Phi) is 3.80. The van der Waals surface area contributed by atoms with E-state index in [1.54, 1.807) is 17.7 Å². The van der Waals surface area contributed by atoms with E-state index in [-0.39, 0.29) is 11.9 Å². The lowest BCUT2D eigenvalue weighted by molar-refractivity contribution is -0.146. The van der Waals surface area contributed by atoms with Gasteiger partial charge >= 0.3 is 5.97 Å². The zero-order valence-corrected chi connectivity index (χ0v) is 13.4. The third-order valence-corrected chi connectivity index (χ3v) is 5.39. The number of esters is 1. The van der Waals surface area contributed by atoms with Crippen LogP contribution in [0.5, 0.6) is 0 Å². The molecule has 2 aromatic rings. The molecule has 21 heavy (non-hydrogen) atoms. The molecule has 0 aromatic carbocycles. The Morgan fingerprint density at radius 3 is 2.71 bits per heavy atom. The smallest absolute Gasteiger partial charge is 0.308 e. The molecule has 5 nitrogen and oxygen atoms in total. The highest BCUT2D eigenvalue weighted by molar-refractivity contribution is 7.18. The molecule has 0 radical (unpaired) electrons. The second-order valence-electron chi connectivity index (χ2n) is 5.45. The van der Waals surface area contributed by atoms with Gasteiger partial charge in [0.2, 0.25) is 0 Å². The average Bonchev–Trinajstić information content (AvgIpc) is 2.81. The molecule has 1 aliphatic heterocycles. The van der Waals surface area contributed by atoms with Crippen LogP contribution in [0.25, 0.3) is 10.2 Å². The number of anilines is 1. The number of aromatic nitrogens is 2. The molecule has 0 N–H and O–H groups in total. The summed E-state index contributed by atoms with van der Waals surface area (Å²) in [4.78, 5) is 25.1. The lowest BCUT2D eigenvalue weighted by Crippen LogP contribution is -2.37. The molecule has 112 valence electrons. The summed E-state index contributed by atoms with van der Waals surface area (Å²) in [6.07, 6.45) is 3.28. The van der Waals surface area contributed by atoms with Gasteiger partial charge in [-0.25, -0.2) is 9.97 Å². The zero-order chi connectivity index (χ0) is 15.0. The maximum atomic E-state index is 11.6. The third kappa shape index (κ3) is 2.48. The molecule has 1 saturated heterocycles. The highest BCUT2D eigenvalue weighted by Gasteiger charge is 2.27. The number of aryl methyl sites for hydroxylation is 2. The molecular formula is C15H19N3O2S. The Morgan fingerprint density at radius 1 is 1.33 bits per heavy atom. The highest BCUT2D eigenvalue weighted by atomic mass is 32.1. The standard InChI is InChI=1S/C15H19N3O2S/c1-9-10(2)21-14-12(9)13(16-8-17-14)18-6-4-11(5-7-18)15(19)20-3/h8,11H,4-7H2,1-3H3. The summed E-state index contributed by atoms with van der Waals surface area (Å²) in [7, 11) is 1.46. The van der Waals surface area contributed by atoms with E-state index >= 15 is 0 Å². The van der Waals surface area contributed by atoms with E-state index in [0.717, 1.165) is 42.0 Å². The molecule has 0 saturated carbocycles. The van der Waals surface area contributed by atoms with Crippen LogP contribution in [0.15, 0.2) is 6.33 Å². The van der Waals surface area contributed by atoms with Crippen molar-refractivity contribution in [3.8, 4) is 0 Å². The Morgan fingerprint density at radius 2 is 2.05 bits per heavy atom. The highest BCUT2D eigenvalue weighted by Crippen LogP contribution is 2.35. The molecule has 3 rings (SSSR count). The third-order valence-electron chi connectivity index (χ3n) is 4.27. The first-order valence-corrected chi connectivity index (χ1v) is 7.97. The number of methoxy groups -OCH3 is 1. The second-order valence-corrected chi connectivity index (χ2v) is 6.65. The van der Waals surface area contributed by atoms with Crippen LogP contribution in [0.1, 0.15) is 23.3 Å². The van der Waals surface area contributed by atoms with Crippen molar-refractivity contribution in [1.29, 1.82) is 0 Å². The van der Waals surface area contributed by atoms with Crippen LogP contribution < -0.4 is 4.90 Å². The van der Waals surface area contributed by atoms with E-state index in [1.165, 1.54) is 17.6 Å². The Labute approximate surface area is 128 Å². The van der Waals surface area contributed by atoms with E-state index < -0.39 is 0 Å². The molecule has 0 bridgehead atoms. The fraction of sp³-hybridized carbons (Fsp3) is 0.533. The first kappa shape index (κ1) is 14.3. The van der Waals surface area contributed by atoms with Crippen molar-refractivity contribution in [3.05, 3.63) is 16.8 Å². The number of fused-ring (bicyclic) bond motifs is 1. The van der Waals surface area contributed by atoms with Gasteiger partial charge in [-0.2, -0.15) is 0 Å². The van der Waals surface area contributed by atoms with Crippen LogP contribution >= 0.6 is 11.3 Å². The molecule has 1 fully saturated rings. The molecule has 3 heterocycles. The van der Waals surface area contributed by atoms with Crippen LogP contribution in [0.4, 0.5) is 5.82 Å². The van der Waals surface area contributed by atoms with Gasteiger partial charge in [0.05, 0.1) is 18.4 Å². The largest absolute Gasteiger partial charge is 0.469 e. The SMILES string of the molecule is COC(=O)C1CCN(c2ncnc3sc(C)c(C)c23)CC1. The summed E-state index contributed by atoms with van der Waals surface area (Å²) < 4.78 is 4.84. The van der Waals surface area contributed by atoms with Crippen molar-refractivity contribution >= 4 is 33.3 Å². The van der Waals surface area contributed by atoms with Gasteiger partial charge < -0.3 is 9.64 Å². The molecule has 0 atom stereocenters. The number of carbonyl (C=O) groups is 1. The summed E-state index contributed by atoms with van der Waals surface area (Å²) in [5.74, 6) is 0.934. The normalized spacial score (nSPS) is 16.4. The molecule has 0 spiro atoms. The molecule has 0 amide bonds. The summed E-state index contributed by atoms with van der Waals surface area (Å²) in [5.41, 5.74) is 1.26. The number of hydrogen-bond donors (Lipinski definition) is 0. The van der Waals surface area contributed by atoms with Gasteiger partial charge in [0.25, 0.3) is 0 Å². The minimum absolute atomic E-state index is 0.0221. The fourth-order valence-electron chi connectivity index (χ4n) is 2.90. The van der Waals surface area contributed by atoms with Gasteiger partial charge in [0, 0.05) is 18.0 Å². The van der Waals surface area contributed by atoms with Gasteiger partial charge in [-0.1, -0.05) is 0 Å². The predicted molar refractivity (Wildman–Crippen MR) is 83.8 cm³/mol. The van der Waals surface area contributed by atoms with Gasteiger partial charge in [0.1, 0.15) is 17.0 Å². The van der Waals surface area contributed by atoms with Gasteiger partial charge in [-0.05, 0) is 32.3 Å². The van der Waals surface area contributed by atoms with Crippen molar-refractivity contribution in [1.82, 2.24) is 9.97 Å². The molecule has 0 aliphatic carbocycles. The Hall–Kier alpha value is -1.69. The van der Waals surface area contributed by atoms with E-state index in [1.807, 2.05) is 0 Å². The van der Waals surface area contributed by atoms with Crippen molar-refractivity contribution < 1.29 is 9.53 Å². The number of hydrogen-bond acceptors (Lipinski definition) is 6. The molecular weight excluding hydrogens is 286 g/mol. The number of piperidine rings is 1. The van der Waals surface area contributed by atoms with E-state index in [9.17, 15) is 4.79 Å². The molecule has 0 unspecified atom stereocenters. The van der Waals surface area contributed by atoms with E-state index in [2.05, 4.69) is 28.7 Å². The number of rotatable bonds is 2. The minimum atomic E-state index is -0.0926. The van der Waals surface area contributed by atoms with E-state index in [0.29, 0.717) is 0 Å². The zero-order valence-electron chi connectivity index (χ0n) is 12.5. The lowest BCUT2D eigenvalue weighted by Gasteiger charge is -2.31. The number of ether oxygens (including phenoxy) is 1. The molecule has 2 aromatic heterocycles. The van der Waals surface area contributed by atoms with Crippen molar-refractivity contribution in [2.75, 3.05) is 25.1 Å². The monoisotopic (exact) mass is 305 g/mol. The van der Waals surface area contributed by atoms with Crippen LogP contribution in [0, 0.1) is 19.8 Å². The van der Waals surface area contributed by atoms with Crippen molar-refractivity contribution in [3.63, 3.8) is 0 Å². The number of carbonyl (C=O) groups excluding carboxylic acids is 1. The molecule has 1 aliphatic rings. The summed E-state index contributed by atoms with van der Waals surface area (Å²) in [5, 5.41) is 1.16. The van der Waals surface area contributed by atoms with Crippen molar-refractivity contribution in [2.24, 2.45) is 5.92 Å². The maximum Gasteiger partial charge on any atom is 0.308 e. The second kappa shape index (κ2) is 5.60. The predicted octanol–water partition coefficient (Wildman–Crippen LogP) is 2.70. The fourth-order valence-corrected chi connectivity index (χ4v) is 3.89. The maximum absolute atomic E-state index is 11.6. The van der Waals surface area contributed by atoms with E-state index in [4.69, 9.17) is 4.74 Å². The number of nitrogens with zero attached hydrogens (tertiary/aromatic N) is 3.